The van der Waals surface area contributed by atoms with Crippen molar-refractivity contribution in [3.05, 3.63) is 71.5 Å². The second-order valence-corrected chi connectivity index (χ2v) is 11.7. The van der Waals surface area contributed by atoms with Crippen molar-refractivity contribution in [3.8, 4) is 0 Å². The number of aryl methyl sites for hydroxylation is 2. The lowest BCUT2D eigenvalue weighted by Gasteiger charge is -2.26. The lowest BCUT2D eigenvalue weighted by atomic mass is 10.1. The van der Waals surface area contributed by atoms with Crippen LogP contribution in [0.2, 0.25) is 0 Å². The summed E-state index contributed by atoms with van der Waals surface area (Å²) in [5, 5.41) is 2.66. The van der Waals surface area contributed by atoms with Crippen LogP contribution in [0, 0.1) is 13.8 Å². The molecule has 1 saturated heterocycles. The van der Waals surface area contributed by atoms with Gasteiger partial charge in [-0.15, -0.1) is 0 Å². The number of carbonyl (C=O) groups excluding carboxylic acids is 1. The lowest BCUT2D eigenvalue weighted by Crippen LogP contribution is -2.40. The number of morpholine rings is 1. The van der Waals surface area contributed by atoms with Gasteiger partial charge in [0.05, 0.1) is 23.0 Å². The minimum atomic E-state index is -3.93. The minimum Gasteiger partial charge on any atom is -0.379 e. The number of ether oxygens (including phenoxy) is 1. The summed E-state index contributed by atoms with van der Waals surface area (Å²) in [5.74, 6) is -0.579. The minimum absolute atomic E-state index is 0.0418. The van der Waals surface area contributed by atoms with Crippen molar-refractivity contribution in [1.82, 2.24) is 14.3 Å². The van der Waals surface area contributed by atoms with Gasteiger partial charge >= 0.3 is 0 Å². The third-order valence-corrected chi connectivity index (χ3v) is 8.87. The van der Waals surface area contributed by atoms with Crippen LogP contribution in [-0.4, -0.2) is 63.3 Å². The summed E-state index contributed by atoms with van der Waals surface area (Å²) in [4.78, 5) is 20.8. The van der Waals surface area contributed by atoms with E-state index in [2.05, 4.69) is 20.0 Å². The maximum absolute atomic E-state index is 13.1. The Kier molecular flexibility index (Phi) is 7.36. The molecule has 190 valence electrons. The van der Waals surface area contributed by atoms with E-state index >= 15 is 0 Å². The van der Waals surface area contributed by atoms with Crippen LogP contribution in [0.3, 0.4) is 0 Å². The molecule has 0 spiro atoms. The maximum Gasteiger partial charge on any atom is 0.264 e. The fourth-order valence-corrected chi connectivity index (χ4v) is 6.15. The Hall–Kier alpha value is -3.39. The zero-order chi connectivity index (χ0) is 25.9. The third-order valence-electron chi connectivity index (χ3n) is 5.48. The second-order valence-electron chi connectivity index (χ2n) is 8.10. The van der Waals surface area contributed by atoms with E-state index in [9.17, 15) is 21.6 Å². The molecule has 0 unspecified atom stereocenters. The van der Waals surface area contributed by atoms with E-state index in [4.69, 9.17) is 4.74 Å². The van der Waals surface area contributed by atoms with Crippen LogP contribution in [0.15, 0.2) is 64.5 Å². The highest BCUT2D eigenvalue weighted by Gasteiger charge is 2.28. The summed E-state index contributed by atoms with van der Waals surface area (Å²) in [6.45, 7) is 4.52. The summed E-state index contributed by atoms with van der Waals surface area (Å²) in [6, 6.07) is 11.6. The van der Waals surface area contributed by atoms with Crippen molar-refractivity contribution in [2.45, 2.75) is 23.6 Å². The molecule has 3 aromatic rings. The van der Waals surface area contributed by atoms with E-state index < -0.39 is 26.0 Å². The number of anilines is 2. The monoisotopic (exact) mass is 531 g/mol. The Bertz CT molecular complexity index is 1490. The molecule has 0 aliphatic carbocycles. The van der Waals surface area contributed by atoms with Gasteiger partial charge in [-0.1, -0.05) is 6.07 Å². The van der Waals surface area contributed by atoms with Crippen LogP contribution in [0.1, 0.15) is 21.6 Å². The van der Waals surface area contributed by atoms with Crippen LogP contribution in [-0.2, 0) is 24.8 Å². The number of benzene rings is 2. The summed E-state index contributed by atoms with van der Waals surface area (Å²) in [6.07, 6.45) is 1.45. The van der Waals surface area contributed by atoms with Gasteiger partial charge in [0.25, 0.3) is 15.9 Å². The molecule has 0 saturated carbocycles. The highest BCUT2D eigenvalue weighted by atomic mass is 32.2. The maximum atomic E-state index is 13.1. The van der Waals surface area contributed by atoms with Crippen LogP contribution in [0.4, 0.5) is 11.6 Å². The fourth-order valence-electron chi connectivity index (χ4n) is 3.54. The molecule has 4 rings (SSSR count). The molecule has 1 aliphatic rings. The summed E-state index contributed by atoms with van der Waals surface area (Å²) in [7, 11) is -7.72. The molecule has 11 nitrogen and oxygen atoms in total. The Morgan fingerprint density at radius 1 is 0.972 bits per heavy atom. The van der Waals surface area contributed by atoms with Crippen molar-refractivity contribution in [3.63, 3.8) is 0 Å². The normalized spacial score (nSPS) is 14.8. The molecule has 0 bridgehead atoms. The number of carbonyl (C=O) groups is 1. The number of amides is 1. The first-order valence-corrected chi connectivity index (χ1v) is 13.9. The number of rotatable bonds is 7. The van der Waals surface area contributed by atoms with Crippen molar-refractivity contribution >= 4 is 37.6 Å². The first-order chi connectivity index (χ1) is 17.1. The van der Waals surface area contributed by atoms with Gasteiger partial charge in [-0.25, -0.2) is 31.5 Å². The predicted octanol–water partition coefficient (Wildman–Crippen LogP) is 2.17. The molecule has 0 radical (unpaired) electrons. The molecule has 13 heteroatoms. The van der Waals surface area contributed by atoms with Gasteiger partial charge in [-0.05, 0) is 61.9 Å². The molecule has 1 fully saturated rings. The SMILES string of the molecule is Cc1ccnc(NS(=O)(=O)c2ccc(NC(=O)c3ccc(C)c(S(=O)(=O)N4CCOCC4)c3)cc2)n1. The first kappa shape index (κ1) is 25.7. The lowest BCUT2D eigenvalue weighted by molar-refractivity contribution is 0.0730. The Morgan fingerprint density at radius 3 is 2.33 bits per heavy atom. The molecule has 1 aliphatic heterocycles. The van der Waals surface area contributed by atoms with Crippen molar-refractivity contribution < 1.29 is 26.4 Å². The van der Waals surface area contributed by atoms with Crippen molar-refractivity contribution in [2.24, 2.45) is 0 Å². The average Bonchev–Trinajstić information content (AvgIpc) is 2.85. The zero-order valence-electron chi connectivity index (χ0n) is 19.6. The number of sulfonamides is 2. The quantitative estimate of drug-likeness (QED) is 0.471. The van der Waals surface area contributed by atoms with Gasteiger partial charge in [0, 0.05) is 36.2 Å². The second kappa shape index (κ2) is 10.3. The topological polar surface area (TPSA) is 148 Å². The molecule has 2 aromatic carbocycles. The van der Waals surface area contributed by atoms with E-state index in [1.807, 2.05) is 0 Å². The predicted molar refractivity (Wildman–Crippen MR) is 133 cm³/mol. The third kappa shape index (κ3) is 5.70. The van der Waals surface area contributed by atoms with E-state index in [1.54, 1.807) is 26.0 Å². The van der Waals surface area contributed by atoms with Gasteiger partial charge in [0.2, 0.25) is 16.0 Å². The van der Waals surface area contributed by atoms with E-state index in [1.165, 1.54) is 46.9 Å². The van der Waals surface area contributed by atoms with Crippen molar-refractivity contribution in [2.75, 3.05) is 36.3 Å². The molecule has 0 atom stereocenters. The van der Waals surface area contributed by atoms with Gasteiger partial charge in [0.15, 0.2) is 0 Å². The molecule has 1 amide bonds. The highest BCUT2D eigenvalue weighted by molar-refractivity contribution is 7.92. The summed E-state index contributed by atoms with van der Waals surface area (Å²) >= 11 is 0. The van der Waals surface area contributed by atoms with Gasteiger partial charge in [0.1, 0.15) is 0 Å². The molecular formula is C23H25N5O6S2. The fraction of sp³-hybridized carbons (Fsp3) is 0.261. The van der Waals surface area contributed by atoms with E-state index in [0.717, 1.165) is 0 Å². The number of nitrogens with one attached hydrogen (secondary N) is 2. The number of hydrogen-bond donors (Lipinski definition) is 2. The number of aromatic nitrogens is 2. The van der Waals surface area contributed by atoms with Gasteiger partial charge in [-0.3, -0.25) is 4.79 Å². The standard InChI is InChI=1S/C23H25N5O6S2/c1-16-3-4-18(15-21(16)36(32,33)28-11-13-34-14-12-28)22(29)26-19-5-7-20(8-6-19)35(30,31)27-23-24-10-9-17(2)25-23/h3-10,15H,11-14H2,1-2H3,(H,26,29)(H,24,25,27). The summed E-state index contributed by atoms with van der Waals surface area (Å²) in [5.41, 5.74) is 1.63. The molecular weight excluding hydrogens is 506 g/mol. The molecule has 36 heavy (non-hydrogen) atoms. The summed E-state index contributed by atoms with van der Waals surface area (Å²) < 4.78 is 60.3. The Morgan fingerprint density at radius 2 is 1.67 bits per heavy atom. The number of hydrogen-bond acceptors (Lipinski definition) is 8. The molecule has 2 N–H and O–H groups in total. The van der Waals surface area contributed by atoms with Gasteiger partial charge < -0.3 is 10.1 Å². The highest BCUT2D eigenvalue weighted by Crippen LogP contribution is 2.23. The first-order valence-electron chi connectivity index (χ1n) is 11.0. The van der Waals surface area contributed by atoms with Crippen LogP contribution >= 0.6 is 0 Å². The largest absolute Gasteiger partial charge is 0.379 e. The smallest absolute Gasteiger partial charge is 0.264 e. The van der Waals surface area contributed by atoms with Gasteiger partial charge in [-0.2, -0.15) is 4.31 Å². The zero-order valence-corrected chi connectivity index (χ0v) is 21.3. The van der Waals surface area contributed by atoms with Crippen molar-refractivity contribution in [1.29, 1.82) is 0 Å². The molecule has 1 aromatic heterocycles. The Balaban J connectivity index is 1.49. The average molecular weight is 532 g/mol. The Labute approximate surface area is 209 Å². The van der Waals surface area contributed by atoms with Crippen LogP contribution in [0.5, 0.6) is 0 Å². The van der Waals surface area contributed by atoms with Crippen LogP contribution in [0.25, 0.3) is 0 Å². The molecule has 2 heterocycles. The van der Waals surface area contributed by atoms with Crippen LogP contribution < -0.4 is 10.0 Å². The number of nitrogens with zero attached hydrogens (tertiary/aromatic N) is 3. The van der Waals surface area contributed by atoms with E-state index in [-0.39, 0.29) is 34.4 Å². The van der Waals surface area contributed by atoms with E-state index in [0.29, 0.717) is 30.2 Å².